The lowest BCUT2D eigenvalue weighted by Gasteiger charge is -2.08. The summed E-state index contributed by atoms with van der Waals surface area (Å²) < 4.78 is 15.7. The zero-order chi connectivity index (χ0) is 14.0. The summed E-state index contributed by atoms with van der Waals surface area (Å²) in [4.78, 5) is 10.8. The predicted molar refractivity (Wildman–Crippen MR) is 67.7 cm³/mol. The van der Waals surface area contributed by atoms with Gasteiger partial charge in [0.05, 0.1) is 18.0 Å². The van der Waals surface area contributed by atoms with Crippen molar-refractivity contribution < 1.29 is 14.3 Å². The molecule has 0 fully saturated rings. The monoisotopic (exact) mass is 328 g/mol. The van der Waals surface area contributed by atoms with Crippen molar-refractivity contribution in [2.24, 2.45) is 5.92 Å². The van der Waals surface area contributed by atoms with Crippen molar-refractivity contribution in [2.75, 3.05) is 0 Å². The summed E-state index contributed by atoms with van der Waals surface area (Å²) in [5, 5.41) is 19.8. The molecule has 1 N–H and O–H groups in total. The molecule has 0 bridgehead atoms. The van der Waals surface area contributed by atoms with Crippen molar-refractivity contribution in [3.8, 4) is 11.4 Å². The summed E-state index contributed by atoms with van der Waals surface area (Å²) in [6.07, 6.45) is 0. The number of benzene rings is 1. The third-order valence-corrected chi connectivity index (χ3v) is 3.06. The second-order valence-corrected chi connectivity index (χ2v) is 4.96. The van der Waals surface area contributed by atoms with E-state index in [1.807, 2.05) is 0 Å². The molecule has 0 saturated heterocycles. The van der Waals surface area contributed by atoms with E-state index in [9.17, 15) is 9.18 Å². The quantitative estimate of drug-likeness (QED) is 0.927. The summed E-state index contributed by atoms with van der Waals surface area (Å²) in [7, 11) is 0. The van der Waals surface area contributed by atoms with Gasteiger partial charge in [-0.1, -0.05) is 22.9 Å². The second kappa shape index (κ2) is 5.43. The highest BCUT2D eigenvalue weighted by Crippen LogP contribution is 2.24. The van der Waals surface area contributed by atoms with Gasteiger partial charge in [-0.15, -0.1) is 5.10 Å². The summed E-state index contributed by atoms with van der Waals surface area (Å²) in [6, 6.07) is 4.40. The fraction of sp³-hybridized carbons (Fsp3) is 0.273. The minimum atomic E-state index is -0.962. The number of carboxylic acid groups (broad SMARTS) is 1. The first-order chi connectivity index (χ1) is 8.99. The smallest absolute Gasteiger partial charge is 0.308 e. The number of aromatic nitrogens is 4. The fourth-order valence-corrected chi connectivity index (χ4v) is 1.89. The van der Waals surface area contributed by atoms with Crippen molar-refractivity contribution in [3.05, 3.63) is 28.5 Å². The van der Waals surface area contributed by atoms with Crippen LogP contribution in [0.5, 0.6) is 0 Å². The van der Waals surface area contributed by atoms with E-state index in [2.05, 4.69) is 31.5 Å². The normalized spacial score (nSPS) is 12.4. The highest BCUT2D eigenvalue weighted by molar-refractivity contribution is 9.10. The number of tetrazole rings is 1. The molecule has 0 saturated carbocycles. The average molecular weight is 329 g/mol. The van der Waals surface area contributed by atoms with Crippen LogP contribution in [-0.4, -0.2) is 31.3 Å². The van der Waals surface area contributed by atoms with Gasteiger partial charge in [-0.05, 0) is 28.6 Å². The Morgan fingerprint density at radius 3 is 3.00 bits per heavy atom. The Morgan fingerprint density at radius 1 is 1.58 bits per heavy atom. The predicted octanol–water partition coefficient (Wildman–Crippen LogP) is 1.96. The number of hydrogen-bond acceptors (Lipinski definition) is 4. The molecule has 100 valence electrons. The Balaban J connectivity index is 2.39. The molecule has 2 rings (SSSR count). The number of aliphatic carboxylic acids is 1. The summed E-state index contributed by atoms with van der Waals surface area (Å²) in [6.45, 7) is 1.61. The minimum absolute atomic E-state index is 0.0730. The molecule has 1 aromatic heterocycles. The average Bonchev–Trinajstić information content (AvgIpc) is 2.80. The molecule has 0 amide bonds. The second-order valence-electron chi connectivity index (χ2n) is 4.05. The van der Waals surface area contributed by atoms with Gasteiger partial charge in [0.15, 0.2) is 5.82 Å². The zero-order valence-corrected chi connectivity index (χ0v) is 11.5. The third kappa shape index (κ3) is 2.95. The molecule has 6 nitrogen and oxygen atoms in total. The molecule has 0 aliphatic heterocycles. The summed E-state index contributed by atoms with van der Waals surface area (Å²) >= 11 is 3.24. The van der Waals surface area contributed by atoms with E-state index in [1.54, 1.807) is 12.1 Å². The van der Waals surface area contributed by atoms with Gasteiger partial charge in [-0.2, -0.15) is 0 Å². The van der Waals surface area contributed by atoms with Crippen LogP contribution in [0.2, 0.25) is 0 Å². The molecule has 0 radical (unpaired) electrons. The number of hydrogen-bond donors (Lipinski definition) is 1. The Morgan fingerprint density at radius 2 is 2.32 bits per heavy atom. The van der Waals surface area contributed by atoms with Crippen LogP contribution in [0.25, 0.3) is 11.4 Å². The van der Waals surface area contributed by atoms with Crippen LogP contribution in [0.4, 0.5) is 4.39 Å². The van der Waals surface area contributed by atoms with Crippen LogP contribution in [0.1, 0.15) is 6.92 Å². The van der Waals surface area contributed by atoms with Crippen molar-refractivity contribution >= 4 is 21.9 Å². The third-order valence-electron chi connectivity index (χ3n) is 2.57. The Labute approximate surface area is 116 Å². The molecule has 2 aromatic rings. The molecule has 0 aliphatic rings. The lowest BCUT2D eigenvalue weighted by Crippen LogP contribution is -2.18. The van der Waals surface area contributed by atoms with Crippen molar-refractivity contribution in [1.82, 2.24) is 20.2 Å². The summed E-state index contributed by atoms with van der Waals surface area (Å²) in [5.74, 6) is -1.90. The van der Waals surface area contributed by atoms with Crippen LogP contribution in [-0.2, 0) is 11.3 Å². The van der Waals surface area contributed by atoms with Gasteiger partial charge in [-0.3, -0.25) is 4.79 Å². The first-order valence-electron chi connectivity index (χ1n) is 5.43. The van der Waals surface area contributed by atoms with Gasteiger partial charge in [0.1, 0.15) is 5.82 Å². The van der Waals surface area contributed by atoms with Crippen molar-refractivity contribution in [3.63, 3.8) is 0 Å². The van der Waals surface area contributed by atoms with Crippen LogP contribution in [0.15, 0.2) is 22.7 Å². The molecule has 1 heterocycles. The number of nitrogens with zero attached hydrogens (tertiary/aromatic N) is 4. The van der Waals surface area contributed by atoms with Crippen LogP contribution in [0.3, 0.4) is 0 Å². The number of rotatable bonds is 4. The fourth-order valence-electron chi connectivity index (χ4n) is 1.53. The van der Waals surface area contributed by atoms with E-state index in [-0.39, 0.29) is 17.9 Å². The minimum Gasteiger partial charge on any atom is -0.481 e. The SMILES string of the molecule is CC(Cn1nnnc1-c1cc(Br)ccc1F)C(=O)O. The lowest BCUT2D eigenvalue weighted by molar-refractivity contribution is -0.141. The molecule has 1 unspecified atom stereocenters. The molecule has 19 heavy (non-hydrogen) atoms. The lowest BCUT2D eigenvalue weighted by atomic mass is 10.1. The topological polar surface area (TPSA) is 80.9 Å². The molecular weight excluding hydrogens is 319 g/mol. The van der Waals surface area contributed by atoms with Crippen LogP contribution < -0.4 is 0 Å². The number of carbonyl (C=O) groups is 1. The van der Waals surface area contributed by atoms with E-state index in [0.717, 1.165) is 0 Å². The van der Waals surface area contributed by atoms with Crippen LogP contribution >= 0.6 is 15.9 Å². The highest BCUT2D eigenvalue weighted by atomic mass is 79.9. The number of carboxylic acids is 1. The maximum atomic E-state index is 13.8. The first kappa shape index (κ1) is 13.6. The Bertz CT molecular complexity index is 616. The number of halogens is 2. The van der Waals surface area contributed by atoms with Gasteiger partial charge in [0, 0.05) is 4.47 Å². The largest absolute Gasteiger partial charge is 0.481 e. The van der Waals surface area contributed by atoms with Gasteiger partial charge < -0.3 is 5.11 Å². The van der Waals surface area contributed by atoms with E-state index in [0.29, 0.717) is 4.47 Å². The molecule has 1 atom stereocenters. The van der Waals surface area contributed by atoms with Crippen molar-refractivity contribution in [1.29, 1.82) is 0 Å². The maximum absolute atomic E-state index is 13.8. The van der Waals surface area contributed by atoms with Gasteiger partial charge in [0.2, 0.25) is 0 Å². The zero-order valence-electron chi connectivity index (χ0n) is 9.92. The van der Waals surface area contributed by atoms with Gasteiger partial charge >= 0.3 is 5.97 Å². The van der Waals surface area contributed by atoms with Crippen molar-refractivity contribution in [2.45, 2.75) is 13.5 Å². The molecular formula is C11H10BrFN4O2. The van der Waals surface area contributed by atoms with E-state index >= 15 is 0 Å². The molecule has 0 aliphatic carbocycles. The Hall–Kier alpha value is -1.83. The molecule has 1 aromatic carbocycles. The van der Waals surface area contributed by atoms with Gasteiger partial charge in [-0.25, -0.2) is 9.07 Å². The molecule has 8 heteroatoms. The van der Waals surface area contributed by atoms with E-state index in [1.165, 1.54) is 17.7 Å². The standard InChI is InChI=1S/C11H10BrFN4O2/c1-6(11(18)19)5-17-10(14-15-16-17)8-4-7(12)2-3-9(8)13/h2-4,6H,5H2,1H3,(H,18,19). The highest BCUT2D eigenvalue weighted by Gasteiger charge is 2.18. The first-order valence-corrected chi connectivity index (χ1v) is 6.22. The van der Waals surface area contributed by atoms with E-state index < -0.39 is 17.7 Å². The summed E-state index contributed by atoms with van der Waals surface area (Å²) in [5.41, 5.74) is 0.219. The van der Waals surface area contributed by atoms with Crippen LogP contribution in [0, 0.1) is 11.7 Å². The van der Waals surface area contributed by atoms with Gasteiger partial charge in [0.25, 0.3) is 0 Å². The Kier molecular flexibility index (Phi) is 3.89. The van der Waals surface area contributed by atoms with E-state index in [4.69, 9.17) is 5.11 Å². The maximum Gasteiger partial charge on any atom is 0.308 e. The molecule has 0 spiro atoms.